The average molecular weight is 356 g/mol. The second kappa shape index (κ2) is 6.24. The van der Waals surface area contributed by atoms with Crippen molar-refractivity contribution in [1.82, 2.24) is 0 Å². The third-order valence-corrected chi connectivity index (χ3v) is 3.69. The molecule has 0 aliphatic rings. The Labute approximate surface area is 130 Å². The molecule has 0 fully saturated rings. The van der Waals surface area contributed by atoms with Crippen LogP contribution < -0.4 is 5.32 Å². The summed E-state index contributed by atoms with van der Waals surface area (Å²) in [7, 11) is 0. The number of anilines is 1. The van der Waals surface area contributed by atoms with Crippen LogP contribution >= 0.6 is 27.5 Å². The standard InChI is InChI=1S/C14H12BrClN2O2/c1-9(10-3-2-4-12(7-10)18(19)20)17-14-6-5-11(15)8-13(14)16/h2-9,17H,1H3. The van der Waals surface area contributed by atoms with Crippen LogP contribution in [0.4, 0.5) is 11.4 Å². The van der Waals surface area contributed by atoms with Gasteiger partial charge in [0.05, 0.1) is 15.6 Å². The Hall–Kier alpha value is -1.59. The van der Waals surface area contributed by atoms with Gasteiger partial charge in [0.1, 0.15) is 0 Å². The van der Waals surface area contributed by atoms with Crippen LogP contribution in [0.15, 0.2) is 46.9 Å². The molecule has 2 rings (SSSR count). The molecule has 0 spiro atoms. The summed E-state index contributed by atoms with van der Waals surface area (Å²) in [5.41, 5.74) is 1.70. The van der Waals surface area contributed by atoms with Crippen LogP contribution in [0.5, 0.6) is 0 Å². The van der Waals surface area contributed by atoms with Crippen LogP contribution in [0.25, 0.3) is 0 Å². The fraction of sp³-hybridized carbons (Fsp3) is 0.143. The Balaban J connectivity index is 2.21. The molecule has 0 aromatic heterocycles. The van der Waals surface area contributed by atoms with E-state index in [0.29, 0.717) is 5.02 Å². The van der Waals surface area contributed by atoms with Gasteiger partial charge in [0.2, 0.25) is 0 Å². The number of hydrogen-bond donors (Lipinski definition) is 1. The highest BCUT2D eigenvalue weighted by Gasteiger charge is 2.12. The van der Waals surface area contributed by atoms with Crippen LogP contribution in [-0.4, -0.2) is 4.92 Å². The lowest BCUT2D eigenvalue weighted by Gasteiger charge is -2.16. The van der Waals surface area contributed by atoms with Gasteiger partial charge in [-0.2, -0.15) is 0 Å². The quantitative estimate of drug-likeness (QED) is 0.607. The molecule has 0 bridgehead atoms. The van der Waals surface area contributed by atoms with Gasteiger partial charge in [0, 0.05) is 22.6 Å². The van der Waals surface area contributed by atoms with E-state index in [0.717, 1.165) is 15.7 Å². The van der Waals surface area contributed by atoms with Crippen LogP contribution in [0.1, 0.15) is 18.5 Å². The molecule has 2 aromatic carbocycles. The van der Waals surface area contributed by atoms with E-state index in [2.05, 4.69) is 21.2 Å². The minimum Gasteiger partial charge on any atom is -0.377 e. The molecule has 0 saturated heterocycles. The number of nitrogens with one attached hydrogen (secondary N) is 1. The Kier molecular flexibility index (Phi) is 4.62. The second-order valence-corrected chi connectivity index (χ2v) is 5.67. The highest BCUT2D eigenvalue weighted by atomic mass is 79.9. The Bertz CT molecular complexity index is 649. The zero-order chi connectivity index (χ0) is 14.7. The van der Waals surface area contributed by atoms with Crippen molar-refractivity contribution in [3.8, 4) is 0 Å². The smallest absolute Gasteiger partial charge is 0.269 e. The van der Waals surface area contributed by atoms with Crippen molar-refractivity contribution >= 4 is 38.9 Å². The lowest BCUT2D eigenvalue weighted by atomic mass is 10.1. The Morgan fingerprint density at radius 2 is 2.05 bits per heavy atom. The lowest BCUT2D eigenvalue weighted by Crippen LogP contribution is -2.07. The maximum Gasteiger partial charge on any atom is 0.269 e. The maximum atomic E-state index is 10.8. The van der Waals surface area contributed by atoms with Crippen molar-refractivity contribution in [2.24, 2.45) is 0 Å². The number of hydrogen-bond acceptors (Lipinski definition) is 3. The predicted octanol–water partition coefficient (Wildman–Crippen LogP) is 5.18. The first-order valence-electron chi connectivity index (χ1n) is 5.93. The number of rotatable bonds is 4. The molecule has 0 aliphatic heterocycles. The third-order valence-electron chi connectivity index (χ3n) is 2.88. The minimum absolute atomic E-state index is 0.0815. The van der Waals surface area contributed by atoms with Gasteiger partial charge < -0.3 is 5.32 Å². The zero-order valence-corrected chi connectivity index (χ0v) is 13.0. The predicted molar refractivity (Wildman–Crippen MR) is 84.3 cm³/mol. The molecule has 1 N–H and O–H groups in total. The van der Waals surface area contributed by atoms with Crippen molar-refractivity contribution in [3.63, 3.8) is 0 Å². The van der Waals surface area contributed by atoms with Crippen molar-refractivity contribution in [2.45, 2.75) is 13.0 Å². The molecule has 0 heterocycles. The van der Waals surface area contributed by atoms with Gasteiger partial charge in [-0.15, -0.1) is 0 Å². The normalized spacial score (nSPS) is 11.9. The number of nitrogens with zero attached hydrogens (tertiary/aromatic N) is 1. The van der Waals surface area contributed by atoms with Crippen LogP contribution in [0.3, 0.4) is 0 Å². The van der Waals surface area contributed by atoms with Gasteiger partial charge in [-0.25, -0.2) is 0 Å². The second-order valence-electron chi connectivity index (χ2n) is 4.34. The molecule has 0 saturated carbocycles. The number of non-ortho nitro benzene ring substituents is 1. The molecule has 1 atom stereocenters. The van der Waals surface area contributed by atoms with Crippen molar-refractivity contribution in [2.75, 3.05) is 5.32 Å². The summed E-state index contributed by atoms with van der Waals surface area (Å²) < 4.78 is 0.899. The third kappa shape index (κ3) is 3.49. The van der Waals surface area contributed by atoms with Gasteiger partial charge in [0.15, 0.2) is 0 Å². The molecule has 1 unspecified atom stereocenters. The average Bonchev–Trinajstić information content (AvgIpc) is 2.42. The zero-order valence-electron chi connectivity index (χ0n) is 10.6. The highest BCUT2D eigenvalue weighted by Crippen LogP contribution is 2.29. The summed E-state index contributed by atoms with van der Waals surface area (Å²) in [4.78, 5) is 10.4. The van der Waals surface area contributed by atoms with Crippen molar-refractivity contribution in [1.29, 1.82) is 0 Å². The van der Waals surface area contributed by atoms with Crippen molar-refractivity contribution < 1.29 is 4.92 Å². The fourth-order valence-corrected chi connectivity index (χ4v) is 2.56. The van der Waals surface area contributed by atoms with Gasteiger partial charge in [-0.05, 0) is 30.7 Å². The van der Waals surface area contributed by atoms with Crippen molar-refractivity contribution in [3.05, 3.63) is 67.6 Å². The molecular weight excluding hydrogens is 344 g/mol. The summed E-state index contributed by atoms with van der Waals surface area (Å²) in [6.07, 6.45) is 0. The molecule has 0 aliphatic carbocycles. The monoisotopic (exact) mass is 354 g/mol. The van der Waals surface area contributed by atoms with E-state index in [1.54, 1.807) is 18.2 Å². The summed E-state index contributed by atoms with van der Waals surface area (Å²) in [5.74, 6) is 0. The molecule has 20 heavy (non-hydrogen) atoms. The van der Waals surface area contributed by atoms with E-state index in [1.807, 2.05) is 25.1 Å². The van der Waals surface area contributed by atoms with E-state index < -0.39 is 4.92 Å². The molecule has 104 valence electrons. The van der Waals surface area contributed by atoms with Crippen LogP contribution in [0, 0.1) is 10.1 Å². The van der Waals surface area contributed by atoms with E-state index in [1.165, 1.54) is 6.07 Å². The van der Waals surface area contributed by atoms with E-state index in [9.17, 15) is 10.1 Å². The first-order chi connectivity index (χ1) is 9.47. The topological polar surface area (TPSA) is 55.2 Å². The number of nitro groups is 1. The highest BCUT2D eigenvalue weighted by molar-refractivity contribution is 9.10. The fourth-order valence-electron chi connectivity index (χ4n) is 1.83. The molecule has 0 radical (unpaired) electrons. The molecule has 2 aromatic rings. The maximum absolute atomic E-state index is 10.8. The first-order valence-corrected chi connectivity index (χ1v) is 7.10. The van der Waals surface area contributed by atoms with Gasteiger partial charge >= 0.3 is 0 Å². The number of halogens is 2. The molecule has 4 nitrogen and oxygen atoms in total. The summed E-state index contributed by atoms with van der Waals surface area (Å²) in [5, 5.41) is 14.6. The lowest BCUT2D eigenvalue weighted by molar-refractivity contribution is -0.384. The van der Waals surface area contributed by atoms with Crippen LogP contribution in [0.2, 0.25) is 5.02 Å². The molecule has 0 amide bonds. The summed E-state index contributed by atoms with van der Waals surface area (Å²) >= 11 is 9.49. The van der Waals surface area contributed by atoms with E-state index in [4.69, 9.17) is 11.6 Å². The van der Waals surface area contributed by atoms with Crippen LogP contribution in [-0.2, 0) is 0 Å². The molecular formula is C14H12BrClN2O2. The van der Waals surface area contributed by atoms with E-state index in [-0.39, 0.29) is 11.7 Å². The largest absolute Gasteiger partial charge is 0.377 e. The Morgan fingerprint density at radius 3 is 2.70 bits per heavy atom. The Morgan fingerprint density at radius 1 is 1.30 bits per heavy atom. The minimum atomic E-state index is -0.400. The van der Waals surface area contributed by atoms with Gasteiger partial charge in [-0.3, -0.25) is 10.1 Å². The molecule has 6 heteroatoms. The van der Waals surface area contributed by atoms with E-state index >= 15 is 0 Å². The van der Waals surface area contributed by atoms with Gasteiger partial charge in [0.25, 0.3) is 5.69 Å². The SMILES string of the molecule is CC(Nc1ccc(Br)cc1Cl)c1cccc([N+](=O)[O-])c1. The summed E-state index contributed by atoms with van der Waals surface area (Å²) in [6, 6.07) is 12.0. The first kappa shape index (κ1) is 14.8. The van der Waals surface area contributed by atoms with Gasteiger partial charge in [-0.1, -0.05) is 39.7 Å². The number of nitro benzene ring substituents is 1. The number of benzene rings is 2. The summed E-state index contributed by atoms with van der Waals surface area (Å²) in [6.45, 7) is 1.93.